The van der Waals surface area contributed by atoms with Gasteiger partial charge in [0.1, 0.15) is 0 Å². The van der Waals surface area contributed by atoms with Crippen molar-refractivity contribution in [3.05, 3.63) is 21.1 Å². The Morgan fingerprint density at radius 3 is 2.75 bits per heavy atom. The molecule has 1 aromatic heterocycles. The van der Waals surface area contributed by atoms with Gasteiger partial charge in [0.15, 0.2) is 0 Å². The summed E-state index contributed by atoms with van der Waals surface area (Å²) in [5, 5.41) is 0.466. The van der Waals surface area contributed by atoms with Crippen molar-refractivity contribution in [2.24, 2.45) is 0 Å². The molecule has 0 saturated heterocycles. The molecule has 0 unspecified atom stereocenters. The molecule has 8 heavy (non-hydrogen) atoms. The van der Waals surface area contributed by atoms with E-state index in [1.54, 1.807) is 6.07 Å². The van der Waals surface area contributed by atoms with Gasteiger partial charge >= 0.3 is 0 Å². The van der Waals surface area contributed by atoms with Gasteiger partial charge in [0.2, 0.25) is 25.0 Å². The third kappa shape index (κ3) is 1.08. The molecular weight excluding hydrogens is 242 g/mol. The Morgan fingerprint density at radius 2 is 2.50 bits per heavy atom. The maximum Gasteiger partial charge on any atom is 0.223 e. The SMILES string of the molecule is O=Ic1occc1Cl. The third-order valence-corrected chi connectivity index (χ3v) is 2.50. The van der Waals surface area contributed by atoms with E-state index >= 15 is 0 Å². The summed E-state index contributed by atoms with van der Waals surface area (Å²) in [4.78, 5) is 0. The summed E-state index contributed by atoms with van der Waals surface area (Å²) < 4.78 is 15.3. The van der Waals surface area contributed by atoms with E-state index in [0.717, 1.165) is 0 Å². The summed E-state index contributed by atoms with van der Waals surface area (Å²) in [6.07, 6.45) is 1.43. The Morgan fingerprint density at radius 1 is 1.75 bits per heavy atom. The normalized spacial score (nSPS) is 9.62. The quantitative estimate of drug-likeness (QED) is 0.710. The summed E-state index contributed by atoms with van der Waals surface area (Å²) in [5.74, 6) is 0. The lowest BCUT2D eigenvalue weighted by atomic mass is 10.7. The van der Waals surface area contributed by atoms with Crippen molar-refractivity contribution in [3.63, 3.8) is 0 Å². The highest BCUT2D eigenvalue weighted by molar-refractivity contribution is 14.1. The molecule has 0 fully saturated rings. The van der Waals surface area contributed by atoms with Crippen molar-refractivity contribution in [1.29, 1.82) is 0 Å². The molecule has 0 aliphatic rings. The molecule has 1 rings (SSSR count). The van der Waals surface area contributed by atoms with E-state index in [4.69, 9.17) is 16.0 Å². The van der Waals surface area contributed by atoms with E-state index in [2.05, 4.69) is 0 Å². The number of halogens is 2. The van der Waals surface area contributed by atoms with Gasteiger partial charge in [0.25, 0.3) is 0 Å². The van der Waals surface area contributed by atoms with Crippen LogP contribution in [0, 0.1) is 3.77 Å². The zero-order chi connectivity index (χ0) is 5.98. The van der Waals surface area contributed by atoms with Crippen LogP contribution in [0.2, 0.25) is 5.02 Å². The van der Waals surface area contributed by atoms with Crippen LogP contribution in [0.4, 0.5) is 0 Å². The molecule has 0 spiro atoms. The third-order valence-electron chi connectivity index (χ3n) is 0.644. The molecule has 1 aromatic rings. The van der Waals surface area contributed by atoms with Gasteiger partial charge in [-0.05, 0) is 6.07 Å². The van der Waals surface area contributed by atoms with Crippen LogP contribution in [0.3, 0.4) is 0 Å². The average molecular weight is 244 g/mol. The van der Waals surface area contributed by atoms with Crippen LogP contribution in [0.1, 0.15) is 0 Å². The standard InChI is InChI=1S/C4H2ClIO2/c5-3-1-2-8-4(3)6-7/h1-2H. The highest BCUT2D eigenvalue weighted by atomic mass is 127. The van der Waals surface area contributed by atoms with E-state index in [9.17, 15) is 3.07 Å². The number of furan rings is 1. The maximum atomic E-state index is 10.1. The van der Waals surface area contributed by atoms with E-state index in [-0.39, 0.29) is 0 Å². The highest BCUT2D eigenvalue weighted by Crippen LogP contribution is 2.21. The molecule has 0 aromatic carbocycles. The number of hydrogen-bond donors (Lipinski definition) is 0. The topological polar surface area (TPSA) is 30.2 Å². The molecule has 2 nitrogen and oxygen atoms in total. The molecule has 0 radical (unpaired) electrons. The van der Waals surface area contributed by atoms with E-state index < -0.39 is 21.2 Å². The zero-order valence-electron chi connectivity index (χ0n) is 3.73. The monoisotopic (exact) mass is 244 g/mol. The first kappa shape index (κ1) is 6.22. The molecule has 0 saturated carbocycles. The van der Waals surface area contributed by atoms with Gasteiger partial charge in [-0.1, -0.05) is 11.6 Å². The molecule has 1 heterocycles. The fourth-order valence-corrected chi connectivity index (χ4v) is 1.26. The lowest BCUT2D eigenvalue weighted by molar-refractivity contribution is 0.535. The Hall–Kier alpha value is 0.100. The van der Waals surface area contributed by atoms with Gasteiger partial charge in [0, 0.05) is 0 Å². The minimum absolute atomic E-state index is 0.422. The van der Waals surface area contributed by atoms with E-state index in [1.165, 1.54) is 6.26 Å². The summed E-state index contributed by atoms with van der Waals surface area (Å²) in [6.45, 7) is 0. The van der Waals surface area contributed by atoms with Gasteiger partial charge in [0.05, 0.1) is 11.3 Å². The Kier molecular flexibility index (Phi) is 2.01. The fraction of sp³-hybridized carbons (Fsp3) is 0. The first-order chi connectivity index (χ1) is 3.84. The molecule has 0 aliphatic carbocycles. The Labute approximate surface area is 61.5 Å². The predicted molar refractivity (Wildman–Crippen MR) is 37.1 cm³/mol. The van der Waals surface area contributed by atoms with Crippen LogP contribution < -0.4 is 0 Å². The number of rotatable bonds is 1. The van der Waals surface area contributed by atoms with Crippen molar-refractivity contribution in [3.8, 4) is 0 Å². The van der Waals surface area contributed by atoms with Crippen LogP contribution in [0.5, 0.6) is 0 Å². The predicted octanol–water partition coefficient (Wildman–Crippen LogP) is 2.42. The van der Waals surface area contributed by atoms with E-state index in [1.807, 2.05) is 0 Å². The van der Waals surface area contributed by atoms with Crippen molar-refractivity contribution >= 4 is 32.8 Å². The summed E-state index contributed by atoms with van der Waals surface area (Å²) in [6, 6.07) is 1.58. The summed E-state index contributed by atoms with van der Waals surface area (Å²) >= 11 is 4.25. The maximum absolute atomic E-state index is 10.1. The van der Waals surface area contributed by atoms with Crippen molar-refractivity contribution < 1.29 is 7.49 Å². The van der Waals surface area contributed by atoms with Crippen molar-refractivity contribution in [2.45, 2.75) is 0 Å². The van der Waals surface area contributed by atoms with Gasteiger partial charge in [-0.15, -0.1) is 0 Å². The van der Waals surface area contributed by atoms with Crippen LogP contribution in [0.25, 0.3) is 0 Å². The minimum Gasteiger partial charge on any atom is -0.454 e. The van der Waals surface area contributed by atoms with Crippen LogP contribution >= 0.6 is 32.8 Å². The minimum atomic E-state index is -1.22. The first-order valence-electron chi connectivity index (χ1n) is 1.84. The lowest BCUT2D eigenvalue weighted by Gasteiger charge is -1.74. The number of hydrogen-bond acceptors (Lipinski definition) is 2. The van der Waals surface area contributed by atoms with Crippen LogP contribution in [-0.2, 0) is 3.07 Å². The molecule has 0 aliphatic heterocycles. The summed E-state index contributed by atoms with van der Waals surface area (Å²) in [7, 11) is 0. The fourth-order valence-electron chi connectivity index (χ4n) is 0.330. The largest absolute Gasteiger partial charge is 0.454 e. The molecule has 4 heteroatoms. The molecule has 0 amide bonds. The average Bonchev–Trinajstić information content (AvgIpc) is 2.14. The molecular formula is C4H2ClIO2. The Bertz CT molecular complexity index is 196. The summed E-state index contributed by atoms with van der Waals surface area (Å²) in [5.41, 5.74) is 0. The first-order valence-corrected chi connectivity index (χ1v) is 4.18. The lowest BCUT2D eigenvalue weighted by Crippen LogP contribution is -1.56. The second kappa shape index (κ2) is 2.59. The van der Waals surface area contributed by atoms with Crippen molar-refractivity contribution in [2.75, 3.05) is 0 Å². The van der Waals surface area contributed by atoms with Gasteiger partial charge in [-0.2, -0.15) is 0 Å². The molecule has 44 valence electrons. The molecule has 0 bridgehead atoms. The molecule has 0 atom stereocenters. The van der Waals surface area contributed by atoms with Gasteiger partial charge in [-0.3, -0.25) is 3.07 Å². The Balaban J connectivity index is 3.09. The smallest absolute Gasteiger partial charge is 0.223 e. The van der Waals surface area contributed by atoms with Gasteiger partial charge < -0.3 is 4.42 Å². The molecule has 0 N–H and O–H groups in total. The van der Waals surface area contributed by atoms with Crippen LogP contribution in [-0.4, -0.2) is 0 Å². The van der Waals surface area contributed by atoms with Crippen LogP contribution in [0.15, 0.2) is 16.7 Å². The second-order valence-electron chi connectivity index (χ2n) is 1.12. The highest BCUT2D eigenvalue weighted by Gasteiger charge is 1.99. The van der Waals surface area contributed by atoms with E-state index in [0.29, 0.717) is 8.79 Å². The van der Waals surface area contributed by atoms with Crippen molar-refractivity contribution in [1.82, 2.24) is 0 Å². The van der Waals surface area contributed by atoms with Gasteiger partial charge in [-0.25, -0.2) is 0 Å². The second-order valence-corrected chi connectivity index (χ2v) is 2.95. The zero-order valence-corrected chi connectivity index (χ0v) is 6.64.